The Kier molecular flexibility index (Phi) is 4.92. The zero-order chi connectivity index (χ0) is 18.8. The number of likely N-dealkylation sites (N-methyl/N-ethyl adjacent to an activating group) is 1. The summed E-state index contributed by atoms with van der Waals surface area (Å²) in [6.07, 6.45) is 5.56. The third kappa shape index (κ3) is 3.59. The van der Waals surface area contributed by atoms with Crippen molar-refractivity contribution in [2.24, 2.45) is 0 Å². The topological polar surface area (TPSA) is 64.3 Å². The Morgan fingerprint density at radius 3 is 2.63 bits per heavy atom. The van der Waals surface area contributed by atoms with Gasteiger partial charge in [0.15, 0.2) is 0 Å². The van der Waals surface area contributed by atoms with Crippen molar-refractivity contribution in [1.29, 1.82) is 0 Å². The summed E-state index contributed by atoms with van der Waals surface area (Å²) in [5, 5.41) is 4.21. The molecule has 0 saturated carbocycles. The molecule has 2 aromatic heterocycles. The van der Waals surface area contributed by atoms with E-state index in [0.29, 0.717) is 0 Å². The first-order valence-electron chi connectivity index (χ1n) is 9.37. The first-order chi connectivity index (χ1) is 13.1. The number of aromatic nitrogens is 2. The number of carbonyl (C=O) groups is 1. The van der Waals surface area contributed by atoms with E-state index in [2.05, 4.69) is 38.2 Å². The number of nitrogens with one attached hydrogen (secondary N) is 2. The fourth-order valence-corrected chi connectivity index (χ4v) is 3.64. The van der Waals surface area contributed by atoms with Crippen molar-refractivity contribution in [3.63, 3.8) is 0 Å². The standard InChI is InChI=1S/C21H25N5O/c1-15(26-12-10-25(2)11-13-26)21(27)24-19-5-3-4-17-18(14-23-20(17)19)16-6-8-22-9-7-16/h3-9,14-15,23H,10-13H2,1-2H3,(H,24,27). The van der Waals surface area contributed by atoms with Crippen LogP contribution in [-0.2, 0) is 4.79 Å². The summed E-state index contributed by atoms with van der Waals surface area (Å²) in [4.78, 5) is 24.8. The van der Waals surface area contributed by atoms with E-state index >= 15 is 0 Å². The van der Waals surface area contributed by atoms with Crippen LogP contribution in [0.15, 0.2) is 48.9 Å². The molecule has 2 N–H and O–H groups in total. The highest BCUT2D eigenvalue weighted by Gasteiger charge is 2.25. The minimum Gasteiger partial charge on any atom is -0.359 e. The van der Waals surface area contributed by atoms with E-state index in [-0.39, 0.29) is 11.9 Å². The smallest absolute Gasteiger partial charge is 0.241 e. The largest absolute Gasteiger partial charge is 0.359 e. The highest BCUT2D eigenvalue weighted by atomic mass is 16.2. The Morgan fingerprint density at radius 2 is 1.89 bits per heavy atom. The minimum absolute atomic E-state index is 0.0344. The predicted octanol–water partition coefficient (Wildman–Crippen LogP) is 2.80. The van der Waals surface area contributed by atoms with Gasteiger partial charge in [-0.1, -0.05) is 12.1 Å². The maximum atomic E-state index is 12.8. The Bertz CT molecular complexity index is 928. The molecule has 0 radical (unpaired) electrons. The molecular weight excluding hydrogens is 338 g/mol. The van der Waals surface area contributed by atoms with Gasteiger partial charge in [-0.15, -0.1) is 0 Å². The van der Waals surface area contributed by atoms with Crippen LogP contribution in [0.1, 0.15) is 6.92 Å². The predicted molar refractivity (Wildman–Crippen MR) is 109 cm³/mol. The zero-order valence-corrected chi connectivity index (χ0v) is 15.8. The van der Waals surface area contributed by atoms with Crippen LogP contribution in [0.4, 0.5) is 5.69 Å². The average Bonchev–Trinajstić information content (AvgIpc) is 3.14. The van der Waals surface area contributed by atoms with Gasteiger partial charge in [0.25, 0.3) is 0 Å². The van der Waals surface area contributed by atoms with Crippen LogP contribution >= 0.6 is 0 Å². The minimum atomic E-state index is -0.149. The number of benzene rings is 1. The van der Waals surface area contributed by atoms with Crippen LogP contribution in [0.2, 0.25) is 0 Å². The number of rotatable bonds is 4. The number of piperazine rings is 1. The summed E-state index contributed by atoms with van der Waals surface area (Å²) in [5.41, 5.74) is 3.98. The monoisotopic (exact) mass is 363 g/mol. The van der Waals surface area contributed by atoms with E-state index in [9.17, 15) is 4.79 Å². The number of H-pyrrole nitrogens is 1. The van der Waals surface area contributed by atoms with E-state index in [1.165, 1.54) is 0 Å². The molecule has 6 heteroatoms. The molecule has 1 atom stereocenters. The van der Waals surface area contributed by atoms with Crippen LogP contribution in [0.3, 0.4) is 0 Å². The van der Waals surface area contributed by atoms with Crippen molar-refractivity contribution < 1.29 is 4.79 Å². The van der Waals surface area contributed by atoms with Crippen molar-refractivity contribution in [3.8, 4) is 11.1 Å². The Balaban J connectivity index is 1.56. The lowest BCUT2D eigenvalue weighted by Crippen LogP contribution is -2.51. The van der Waals surface area contributed by atoms with E-state index in [1.807, 2.05) is 37.4 Å². The van der Waals surface area contributed by atoms with Crippen molar-refractivity contribution >= 4 is 22.5 Å². The van der Waals surface area contributed by atoms with Crippen LogP contribution in [0.25, 0.3) is 22.0 Å². The molecule has 0 bridgehead atoms. The maximum absolute atomic E-state index is 12.8. The van der Waals surface area contributed by atoms with Gasteiger partial charge < -0.3 is 15.2 Å². The van der Waals surface area contributed by atoms with E-state index in [4.69, 9.17) is 0 Å². The molecule has 1 saturated heterocycles. The first kappa shape index (κ1) is 17.7. The molecule has 4 rings (SSSR count). The molecule has 6 nitrogen and oxygen atoms in total. The van der Waals surface area contributed by atoms with Gasteiger partial charge in [0, 0.05) is 55.7 Å². The van der Waals surface area contributed by atoms with Gasteiger partial charge in [-0.25, -0.2) is 0 Å². The molecule has 27 heavy (non-hydrogen) atoms. The van der Waals surface area contributed by atoms with Crippen LogP contribution in [0, 0.1) is 0 Å². The SMILES string of the molecule is CC(C(=O)Nc1cccc2c(-c3ccncc3)c[nH]c12)N1CCN(C)CC1. The van der Waals surface area contributed by atoms with E-state index in [1.54, 1.807) is 12.4 Å². The van der Waals surface area contributed by atoms with Crippen LogP contribution in [-0.4, -0.2) is 64.9 Å². The second kappa shape index (κ2) is 7.50. The maximum Gasteiger partial charge on any atom is 0.241 e. The molecular formula is C21H25N5O. The van der Waals surface area contributed by atoms with Crippen molar-refractivity contribution in [1.82, 2.24) is 19.8 Å². The van der Waals surface area contributed by atoms with Crippen LogP contribution < -0.4 is 5.32 Å². The number of nitrogens with zero attached hydrogens (tertiary/aromatic N) is 3. The number of para-hydroxylation sites is 1. The van der Waals surface area contributed by atoms with Crippen molar-refractivity contribution in [3.05, 3.63) is 48.9 Å². The van der Waals surface area contributed by atoms with Crippen LogP contribution in [0.5, 0.6) is 0 Å². The third-order valence-electron chi connectivity index (χ3n) is 5.43. The molecule has 1 aliphatic rings. The van der Waals surface area contributed by atoms with E-state index < -0.39 is 0 Å². The molecule has 1 unspecified atom stereocenters. The first-order valence-corrected chi connectivity index (χ1v) is 9.37. The highest BCUT2D eigenvalue weighted by Crippen LogP contribution is 2.32. The molecule has 1 amide bonds. The Hall–Kier alpha value is -2.70. The summed E-state index contributed by atoms with van der Waals surface area (Å²) >= 11 is 0. The third-order valence-corrected chi connectivity index (χ3v) is 5.43. The summed E-state index contributed by atoms with van der Waals surface area (Å²) in [6.45, 7) is 5.82. The lowest BCUT2D eigenvalue weighted by molar-refractivity contribution is -0.121. The number of anilines is 1. The van der Waals surface area contributed by atoms with Crippen molar-refractivity contribution in [2.45, 2.75) is 13.0 Å². The highest BCUT2D eigenvalue weighted by molar-refractivity contribution is 6.06. The van der Waals surface area contributed by atoms with Crippen molar-refractivity contribution in [2.75, 3.05) is 38.5 Å². The zero-order valence-electron chi connectivity index (χ0n) is 15.8. The van der Waals surface area contributed by atoms with Gasteiger partial charge in [0.05, 0.1) is 17.2 Å². The van der Waals surface area contributed by atoms with Gasteiger partial charge in [0.2, 0.25) is 5.91 Å². The fourth-order valence-electron chi connectivity index (χ4n) is 3.64. The second-order valence-electron chi connectivity index (χ2n) is 7.17. The average molecular weight is 363 g/mol. The number of aromatic amines is 1. The lowest BCUT2D eigenvalue weighted by Gasteiger charge is -2.35. The Morgan fingerprint density at radius 1 is 1.15 bits per heavy atom. The molecule has 1 fully saturated rings. The van der Waals surface area contributed by atoms with E-state index in [0.717, 1.165) is 53.9 Å². The molecule has 0 aliphatic carbocycles. The number of fused-ring (bicyclic) bond motifs is 1. The van der Waals surface area contributed by atoms with Gasteiger partial charge >= 0.3 is 0 Å². The number of hydrogen-bond acceptors (Lipinski definition) is 4. The molecule has 1 aromatic carbocycles. The number of hydrogen-bond donors (Lipinski definition) is 2. The van der Waals surface area contributed by atoms with Gasteiger partial charge in [0.1, 0.15) is 0 Å². The number of amides is 1. The molecule has 3 aromatic rings. The Labute approximate surface area is 159 Å². The summed E-state index contributed by atoms with van der Waals surface area (Å²) in [5.74, 6) is 0.0344. The molecule has 3 heterocycles. The normalized spacial score (nSPS) is 17.1. The van der Waals surface area contributed by atoms with Gasteiger partial charge in [-0.2, -0.15) is 0 Å². The molecule has 140 valence electrons. The number of carbonyl (C=O) groups excluding carboxylic acids is 1. The quantitative estimate of drug-likeness (QED) is 0.748. The summed E-state index contributed by atoms with van der Waals surface area (Å²) < 4.78 is 0. The lowest BCUT2D eigenvalue weighted by atomic mass is 10.1. The molecule has 1 aliphatic heterocycles. The van der Waals surface area contributed by atoms with Gasteiger partial charge in [-0.3, -0.25) is 14.7 Å². The number of pyridine rings is 1. The fraction of sp³-hybridized carbons (Fsp3) is 0.333. The second-order valence-corrected chi connectivity index (χ2v) is 7.17. The summed E-state index contributed by atoms with van der Waals surface area (Å²) in [6, 6.07) is 9.83. The molecule has 0 spiro atoms. The summed E-state index contributed by atoms with van der Waals surface area (Å²) in [7, 11) is 2.12. The van der Waals surface area contributed by atoms with Gasteiger partial charge in [-0.05, 0) is 37.7 Å².